The molecule has 44 heavy (non-hydrogen) atoms. The number of carbonyl (C=O) groups excluding carboxylic acids is 2. The van der Waals surface area contributed by atoms with Crippen LogP contribution in [0.1, 0.15) is 50.8 Å². The van der Waals surface area contributed by atoms with Gasteiger partial charge in [-0.25, -0.2) is 0 Å². The van der Waals surface area contributed by atoms with Gasteiger partial charge in [-0.3, -0.25) is 19.3 Å². The third-order valence-corrected chi connectivity index (χ3v) is 8.55. The van der Waals surface area contributed by atoms with E-state index in [1.807, 2.05) is 26.0 Å². The average molecular weight is 611 g/mol. The summed E-state index contributed by atoms with van der Waals surface area (Å²) in [5, 5.41) is 9.36. The summed E-state index contributed by atoms with van der Waals surface area (Å²) in [6, 6.07) is 6.02. The summed E-state index contributed by atoms with van der Waals surface area (Å²) in [5.41, 5.74) is 3.13. The van der Waals surface area contributed by atoms with E-state index in [2.05, 4.69) is 20.9 Å². The van der Waals surface area contributed by atoms with Gasteiger partial charge in [-0.05, 0) is 53.6 Å². The molecule has 3 atom stereocenters. The standard InChI is InChI=1S/C33H46N4O7/c1-7-20(2)30(33(40)34-12-13-37-14-16-44-17-15-37)36-26-11-9-23-24(19-27(26)39)25(35-21(3)38)10-8-22-18-28(41-4)31(42-5)32(43-6)29(22)23/h9,11,18-20,25,30H,7-8,10,12-17H2,1-6H3,(H,34,40)(H,35,38)(H,36,39)/t20-,25+,30+/m0/s1. The molecular formula is C33H46N4O7. The van der Waals surface area contributed by atoms with Crippen molar-refractivity contribution in [3.63, 3.8) is 0 Å². The lowest BCUT2D eigenvalue weighted by Crippen LogP contribution is -2.47. The molecule has 0 saturated carbocycles. The maximum atomic E-state index is 13.8. The zero-order chi connectivity index (χ0) is 31.8. The minimum atomic E-state index is -0.614. The number of hydrogen-bond acceptors (Lipinski definition) is 9. The number of rotatable bonds is 12. The third kappa shape index (κ3) is 7.44. The van der Waals surface area contributed by atoms with Crippen molar-refractivity contribution in [1.29, 1.82) is 0 Å². The van der Waals surface area contributed by atoms with E-state index >= 15 is 0 Å². The maximum Gasteiger partial charge on any atom is 0.242 e. The van der Waals surface area contributed by atoms with E-state index in [4.69, 9.17) is 18.9 Å². The highest BCUT2D eigenvalue weighted by molar-refractivity contribution is 5.86. The van der Waals surface area contributed by atoms with Crippen molar-refractivity contribution in [1.82, 2.24) is 15.5 Å². The number of benzene rings is 1. The largest absolute Gasteiger partial charge is 0.493 e. The van der Waals surface area contributed by atoms with E-state index in [1.165, 1.54) is 6.92 Å². The van der Waals surface area contributed by atoms with Crippen LogP contribution in [0.4, 0.5) is 5.69 Å². The average Bonchev–Trinajstić information content (AvgIpc) is 3.26. The molecule has 1 saturated heterocycles. The predicted molar refractivity (Wildman–Crippen MR) is 170 cm³/mol. The van der Waals surface area contributed by atoms with Gasteiger partial charge in [0.15, 0.2) is 11.5 Å². The van der Waals surface area contributed by atoms with Gasteiger partial charge in [-0.15, -0.1) is 0 Å². The molecule has 11 nitrogen and oxygen atoms in total. The Balaban J connectivity index is 1.74. The molecule has 240 valence electrons. The van der Waals surface area contributed by atoms with Gasteiger partial charge in [0.05, 0.1) is 46.3 Å². The van der Waals surface area contributed by atoms with E-state index in [1.54, 1.807) is 33.5 Å². The molecule has 0 bridgehead atoms. The lowest BCUT2D eigenvalue weighted by Gasteiger charge is -2.28. The number of ether oxygens (including phenoxy) is 4. The van der Waals surface area contributed by atoms with Crippen LogP contribution in [-0.2, 0) is 20.7 Å². The Labute approximate surface area is 259 Å². The molecule has 2 aliphatic rings. The summed E-state index contributed by atoms with van der Waals surface area (Å²) in [4.78, 5) is 41.8. The predicted octanol–water partition coefficient (Wildman–Crippen LogP) is 3.14. The minimum absolute atomic E-state index is 0.0363. The number of nitrogens with zero attached hydrogens (tertiary/aromatic N) is 1. The van der Waals surface area contributed by atoms with Gasteiger partial charge in [0.2, 0.25) is 23.0 Å². The molecule has 0 spiro atoms. The van der Waals surface area contributed by atoms with E-state index in [0.29, 0.717) is 61.1 Å². The van der Waals surface area contributed by atoms with Gasteiger partial charge in [-0.1, -0.05) is 26.3 Å². The molecule has 3 N–H and O–H groups in total. The monoisotopic (exact) mass is 610 g/mol. The Hall–Kier alpha value is -3.83. The number of hydrogen-bond donors (Lipinski definition) is 3. The van der Waals surface area contributed by atoms with Crippen molar-refractivity contribution in [2.24, 2.45) is 5.92 Å². The van der Waals surface area contributed by atoms with Crippen molar-refractivity contribution in [3.05, 3.63) is 45.6 Å². The van der Waals surface area contributed by atoms with Crippen LogP contribution in [0.2, 0.25) is 0 Å². The highest BCUT2D eigenvalue weighted by atomic mass is 16.5. The molecular weight excluding hydrogens is 564 g/mol. The molecule has 11 heteroatoms. The number of fused-ring (bicyclic) bond motifs is 3. The molecule has 1 aliphatic carbocycles. The smallest absolute Gasteiger partial charge is 0.242 e. The van der Waals surface area contributed by atoms with Crippen LogP contribution >= 0.6 is 0 Å². The van der Waals surface area contributed by atoms with Crippen LogP contribution in [0.15, 0.2) is 29.1 Å². The second-order valence-electron chi connectivity index (χ2n) is 11.3. The molecule has 0 unspecified atom stereocenters. The van der Waals surface area contributed by atoms with Crippen LogP contribution in [0.5, 0.6) is 17.2 Å². The van der Waals surface area contributed by atoms with Crippen LogP contribution in [-0.4, -0.2) is 83.5 Å². The number of morpholine rings is 1. The summed E-state index contributed by atoms with van der Waals surface area (Å²) in [6.07, 6.45) is 1.91. The second-order valence-corrected chi connectivity index (χ2v) is 11.3. The summed E-state index contributed by atoms with van der Waals surface area (Å²) < 4.78 is 22.6. The molecule has 4 rings (SSSR count). The van der Waals surface area contributed by atoms with E-state index < -0.39 is 12.1 Å². The van der Waals surface area contributed by atoms with Crippen molar-refractivity contribution in [3.8, 4) is 28.4 Å². The summed E-state index contributed by atoms with van der Waals surface area (Å²) in [6.45, 7) is 9.82. The SMILES string of the molecule is CC[C@H](C)[C@@H](Nc1ccc2c(cc1=O)[C@H](NC(C)=O)CCc1cc(OC)c(OC)c(OC)c1-2)C(=O)NCCN1CCOCC1. The zero-order valence-electron chi connectivity index (χ0n) is 26.7. The highest BCUT2D eigenvalue weighted by Crippen LogP contribution is 2.50. The van der Waals surface area contributed by atoms with Crippen molar-refractivity contribution >= 4 is 17.5 Å². The van der Waals surface area contributed by atoms with Crippen molar-refractivity contribution in [2.45, 2.75) is 52.1 Å². The number of anilines is 1. The Bertz CT molecular complexity index is 1390. The topological polar surface area (TPSA) is 127 Å². The van der Waals surface area contributed by atoms with Crippen molar-refractivity contribution < 1.29 is 28.5 Å². The zero-order valence-corrected chi connectivity index (χ0v) is 26.7. The number of methoxy groups -OCH3 is 3. The molecule has 2 aromatic rings. The van der Waals surface area contributed by atoms with Gasteiger partial charge in [0.1, 0.15) is 6.04 Å². The molecule has 1 heterocycles. The quantitative estimate of drug-likeness (QED) is 0.332. The number of carbonyl (C=O) groups is 2. The van der Waals surface area contributed by atoms with E-state index in [-0.39, 0.29) is 23.2 Å². The van der Waals surface area contributed by atoms with Crippen LogP contribution in [0.3, 0.4) is 0 Å². The molecule has 1 aliphatic heterocycles. The third-order valence-electron chi connectivity index (χ3n) is 8.55. The number of amides is 2. The van der Waals surface area contributed by atoms with Gasteiger partial charge in [-0.2, -0.15) is 0 Å². The Kier molecular flexibility index (Phi) is 11.5. The van der Waals surface area contributed by atoms with Crippen LogP contribution < -0.4 is 35.6 Å². The van der Waals surface area contributed by atoms with Crippen molar-refractivity contribution in [2.75, 3.05) is 66.0 Å². The normalized spacial score (nSPS) is 17.6. The van der Waals surface area contributed by atoms with Gasteiger partial charge in [0.25, 0.3) is 0 Å². The fourth-order valence-corrected chi connectivity index (χ4v) is 5.97. The molecule has 2 aromatic carbocycles. The van der Waals surface area contributed by atoms with Gasteiger partial charge in [0, 0.05) is 38.7 Å². The number of nitrogens with one attached hydrogen (secondary N) is 3. The molecule has 0 aromatic heterocycles. The summed E-state index contributed by atoms with van der Waals surface area (Å²) >= 11 is 0. The Morgan fingerprint density at radius 2 is 1.80 bits per heavy atom. The number of aryl methyl sites for hydroxylation is 1. The molecule has 1 fully saturated rings. The lowest BCUT2D eigenvalue weighted by atomic mass is 9.95. The highest BCUT2D eigenvalue weighted by Gasteiger charge is 2.30. The second kappa shape index (κ2) is 15.3. The summed E-state index contributed by atoms with van der Waals surface area (Å²) in [7, 11) is 4.69. The maximum absolute atomic E-state index is 13.8. The first kappa shape index (κ1) is 33.1. The first-order chi connectivity index (χ1) is 21.2. The Morgan fingerprint density at radius 1 is 1.07 bits per heavy atom. The molecule has 2 amide bonds. The van der Waals surface area contributed by atoms with Gasteiger partial charge >= 0.3 is 0 Å². The Morgan fingerprint density at radius 3 is 2.43 bits per heavy atom. The fraction of sp³-hybridized carbons (Fsp3) is 0.545. The first-order valence-corrected chi connectivity index (χ1v) is 15.3. The van der Waals surface area contributed by atoms with Crippen LogP contribution in [0, 0.1) is 5.92 Å². The first-order valence-electron chi connectivity index (χ1n) is 15.3. The van der Waals surface area contributed by atoms with E-state index in [0.717, 1.165) is 42.7 Å². The fourth-order valence-electron chi connectivity index (χ4n) is 5.97. The van der Waals surface area contributed by atoms with Gasteiger partial charge < -0.3 is 34.9 Å². The lowest BCUT2D eigenvalue weighted by molar-refractivity contribution is -0.123. The molecule has 0 radical (unpaired) electrons. The minimum Gasteiger partial charge on any atom is -0.493 e. The van der Waals surface area contributed by atoms with Crippen LogP contribution in [0.25, 0.3) is 11.1 Å². The summed E-state index contributed by atoms with van der Waals surface area (Å²) in [5.74, 6) is 1.07. The van der Waals surface area contributed by atoms with E-state index in [9.17, 15) is 14.4 Å².